The van der Waals surface area contributed by atoms with E-state index in [1.165, 1.54) is 5.56 Å². The van der Waals surface area contributed by atoms with Gasteiger partial charge in [0.05, 0.1) is 13.2 Å². The number of ether oxygens (including phenoxy) is 1. The first-order valence-electron chi connectivity index (χ1n) is 9.20. The maximum atomic E-state index is 12.7. The molecule has 134 valence electrons. The fourth-order valence-electron chi connectivity index (χ4n) is 3.88. The van der Waals surface area contributed by atoms with Crippen molar-refractivity contribution < 1.29 is 9.53 Å². The predicted octanol–water partition coefficient (Wildman–Crippen LogP) is 4.36. The van der Waals surface area contributed by atoms with Gasteiger partial charge >= 0.3 is 0 Å². The van der Waals surface area contributed by atoms with Crippen LogP contribution in [0.4, 0.5) is 0 Å². The molecule has 0 spiro atoms. The van der Waals surface area contributed by atoms with Crippen LogP contribution in [0.3, 0.4) is 0 Å². The van der Waals surface area contributed by atoms with E-state index in [1.807, 2.05) is 29.2 Å². The van der Waals surface area contributed by atoms with E-state index in [0.717, 1.165) is 42.6 Å². The number of nitrogens with zero attached hydrogens (tertiary/aromatic N) is 1. The minimum absolute atomic E-state index is 0.100. The minimum Gasteiger partial charge on any atom is -0.497 e. The molecule has 0 aliphatic carbocycles. The lowest BCUT2D eigenvalue weighted by Gasteiger charge is -2.43. The molecule has 3 nitrogen and oxygen atoms in total. The highest BCUT2D eigenvalue weighted by Crippen LogP contribution is 2.40. The minimum atomic E-state index is -0.235. The normalized spacial score (nSPS) is 18.7. The Balaban J connectivity index is 2.14. The summed E-state index contributed by atoms with van der Waals surface area (Å²) in [6, 6.07) is 16.2. The van der Waals surface area contributed by atoms with Crippen LogP contribution in [0.2, 0.25) is 0 Å². The van der Waals surface area contributed by atoms with Gasteiger partial charge in [0.15, 0.2) is 0 Å². The van der Waals surface area contributed by atoms with Gasteiger partial charge in [0.25, 0.3) is 5.91 Å². The van der Waals surface area contributed by atoms with Crippen LogP contribution in [0.15, 0.2) is 48.5 Å². The van der Waals surface area contributed by atoms with Crippen molar-refractivity contribution in [3.8, 4) is 18.1 Å². The van der Waals surface area contributed by atoms with Crippen molar-refractivity contribution >= 4 is 5.91 Å². The molecule has 0 saturated carbocycles. The van der Waals surface area contributed by atoms with Crippen molar-refractivity contribution in [1.82, 2.24) is 4.90 Å². The third-order valence-electron chi connectivity index (χ3n) is 5.14. The second-order valence-corrected chi connectivity index (χ2v) is 6.73. The van der Waals surface area contributed by atoms with Crippen molar-refractivity contribution in [2.75, 3.05) is 7.11 Å². The quantitative estimate of drug-likeness (QED) is 0.752. The largest absolute Gasteiger partial charge is 0.497 e. The second-order valence-electron chi connectivity index (χ2n) is 6.73. The lowest BCUT2D eigenvalue weighted by molar-refractivity contribution is -0.130. The molecule has 3 rings (SSSR count). The van der Waals surface area contributed by atoms with Crippen LogP contribution in [0.25, 0.3) is 0 Å². The Hall–Kier alpha value is -2.73. The molecule has 1 amide bonds. The summed E-state index contributed by atoms with van der Waals surface area (Å²) in [5.74, 6) is 2.97. The van der Waals surface area contributed by atoms with Gasteiger partial charge in [-0.3, -0.25) is 4.79 Å². The number of benzene rings is 2. The number of terminal acetylenes is 1. The number of methoxy groups -OCH3 is 1. The summed E-state index contributed by atoms with van der Waals surface area (Å²) < 4.78 is 5.42. The SMILES string of the molecule is C#CC(=O)N1[C@@H](CCCC)Cc2cc(OC)ccc2[C@@H]1c1ccccc1. The third-order valence-corrected chi connectivity index (χ3v) is 5.14. The Morgan fingerprint density at radius 1 is 1.27 bits per heavy atom. The molecule has 1 aliphatic heterocycles. The monoisotopic (exact) mass is 347 g/mol. The standard InChI is InChI=1S/C23H25NO2/c1-4-6-12-19-15-18-16-20(26-3)13-14-21(18)23(24(19)22(25)5-2)17-10-8-7-9-11-17/h2,7-11,13-14,16,19,23H,4,6,12,15H2,1,3H3/t19-,23-/m0/s1. The van der Waals surface area contributed by atoms with Crippen LogP contribution < -0.4 is 4.74 Å². The van der Waals surface area contributed by atoms with E-state index in [4.69, 9.17) is 11.2 Å². The van der Waals surface area contributed by atoms with E-state index >= 15 is 0 Å². The van der Waals surface area contributed by atoms with Crippen LogP contribution in [0.5, 0.6) is 5.75 Å². The molecule has 0 aromatic heterocycles. The van der Waals surface area contributed by atoms with Gasteiger partial charge in [-0.1, -0.05) is 56.2 Å². The van der Waals surface area contributed by atoms with Crippen LogP contribution >= 0.6 is 0 Å². The van der Waals surface area contributed by atoms with Crippen LogP contribution in [-0.4, -0.2) is 24.0 Å². The molecule has 0 unspecified atom stereocenters. The highest BCUT2D eigenvalue weighted by Gasteiger charge is 2.37. The number of rotatable bonds is 5. The number of fused-ring (bicyclic) bond motifs is 1. The van der Waals surface area contributed by atoms with Crippen LogP contribution in [-0.2, 0) is 11.2 Å². The van der Waals surface area contributed by atoms with E-state index in [2.05, 4.69) is 37.1 Å². The van der Waals surface area contributed by atoms with E-state index in [9.17, 15) is 4.79 Å². The summed E-state index contributed by atoms with van der Waals surface area (Å²) >= 11 is 0. The molecular formula is C23H25NO2. The van der Waals surface area contributed by atoms with Crippen molar-refractivity contribution in [2.24, 2.45) is 0 Å². The zero-order chi connectivity index (χ0) is 18.5. The fraction of sp³-hybridized carbons (Fsp3) is 0.348. The smallest absolute Gasteiger partial charge is 0.299 e. The van der Waals surface area contributed by atoms with E-state index in [-0.39, 0.29) is 18.0 Å². The van der Waals surface area contributed by atoms with Crippen LogP contribution in [0.1, 0.15) is 48.9 Å². The Morgan fingerprint density at radius 2 is 2.04 bits per heavy atom. The summed E-state index contributed by atoms with van der Waals surface area (Å²) in [6.07, 6.45) is 9.46. The molecule has 1 aliphatic rings. The van der Waals surface area contributed by atoms with E-state index < -0.39 is 0 Å². The van der Waals surface area contributed by atoms with Crippen molar-refractivity contribution in [3.63, 3.8) is 0 Å². The van der Waals surface area contributed by atoms with Gasteiger partial charge in [-0.05, 0) is 47.6 Å². The molecule has 2 aromatic carbocycles. The van der Waals surface area contributed by atoms with Gasteiger partial charge < -0.3 is 9.64 Å². The van der Waals surface area contributed by atoms with Gasteiger partial charge in [-0.25, -0.2) is 0 Å². The molecule has 0 fully saturated rings. The molecule has 2 atom stereocenters. The first-order chi connectivity index (χ1) is 12.7. The number of hydrogen-bond donors (Lipinski definition) is 0. The second kappa shape index (κ2) is 8.10. The number of amides is 1. The van der Waals surface area contributed by atoms with Gasteiger partial charge in [0, 0.05) is 6.04 Å². The summed E-state index contributed by atoms with van der Waals surface area (Å²) in [5, 5.41) is 0. The fourth-order valence-corrected chi connectivity index (χ4v) is 3.88. The lowest BCUT2D eigenvalue weighted by atomic mass is 9.83. The summed E-state index contributed by atoms with van der Waals surface area (Å²) in [4.78, 5) is 14.6. The average Bonchev–Trinajstić information content (AvgIpc) is 2.70. The van der Waals surface area contributed by atoms with Crippen molar-refractivity contribution in [2.45, 2.75) is 44.7 Å². The number of carbonyl (C=O) groups excluding carboxylic acids is 1. The molecule has 2 aromatic rings. The molecule has 0 N–H and O–H groups in total. The highest BCUT2D eigenvalue weighted by atomic mass is 16.5. The topological polar surface area (TPSA) is 29.5 Å². The number of unbranched alkanes of at least 4 members (excludes halogenated alkanes) is 1. The molecule has 0 saturated heterocycles. The lowest BCUT2D eigenvalue weighted by Crippen LogP contribution is -2.47. The Kier molecular flexibility index (Phi) is 5.63. The molecule has 26 heavy (non-hydrogen) atoms. The summed E-state index contributed by atoms with van der Waals surface area (Å²) in [5.41, 5.74) is 3.46. The number of carbonyl (C=O) groups is 1. The van der Waals surface area contributed by atoms with Crippen LogP contribution in [0, 0.1) is 12.3 Å². The van der Waals surface area contributed by atoms with Crippen molar-refractivity contribution in [1.29, 1.82) is 0 Å². The summed E-state index contributed by atoms with van der Waals surface area (Å²) in [6.45, 7) is 2.17. The first kappa shape index (κ1) is 18.1. The third kappa shape index (κ3) is 3.46. The Morgan fingerprint density at radius 3 is 2.69 bits per heavy atom. The zero-order valence-corrected chi connectivity index (χ0v) is 15.4. The first-order valence-corrected chi connectivity index (χ1v) is 9.20. The Labute approximate surface area is 156 Å². The maximum absolute atomic E-state index is 12.7. The molecule has 1 heterocycles. The summed E-state index contributed by atoms with van der Waals surface area (Å²) in [7, 11) is 1.68. The molecular weight excluding hydrogens is 322 g/mol. The Bertz CT molecular complexity index is 807. The average molecular weight is 347 g/mol. The molecule has 3 heteroatoms. The van der Waals surface area contributed by atoms with Gasteiger partial charge in [-0.15, -0.1) is 6.42 Å². The van der Waals surface area contributed by atoms with Gasteiger partial charge in [0.1, 0.15) is 5.75 Å². The van der Waals surface area contributed by atoms with Crippen molar-refractivity contribution in [3.05, 3.63) is 65.2 Å². The molecule has 0 radical (unpaired) electrons. The van der Waals surface area contributed by atoms with Gasteiger partial charge in [0.2, 0.25) is 0 Å². The van der Waals surface area contributed by atoms with E-state index in [0.29, 0.717) is 0 Å². The van der Waals surface area contributed by atoms with Gasteiger partial charge in [-0.2, -0.15) is 0 Å². The van der Waals surface area contributed by atoms with E-state index in [1.54, 1.807) is 7.11 Å². The zero-order valence-electron chi connectivity index (χ0n) is 15.4. The number of hydrogen-bond acceptors (Lipinski definition) is 2. The maximum Gasteiger partial charge on any atom is 0.299 e. The highest BCUT2D eigenvalue weighted by molar-refractivity contribution is 5.94. The predicted molar refractivity (Wildman–Crippen MR) is 104 cm³/mol. The molecule has 0 bridgehead atoms.